The third-order valence-corrected chi connectivity index (χ3v) is 4.06. The molecule has 6 heteroatoms. The van der Waals surface area contributed by atoms with Gasteiger partial charge in [-0.25, -0.2) is 0 Å². The number of aliphatic hydroxyl groups excluding tert-OH is 1. The normalized spacial score (nSPS) is 10.1. The molecule has 0 atom stereocenters. The van der Waals surface area contributed by atoms with Crippen LogP contribution in [0.1, 0.15) is 110 Å². The predicted molar refractivity (Wildman–Crippen MR) is 108 cm³/mol. The summed E-state index contributed by atoms with van der Waals surface area (Å²) in [6.45, 7) is 4.75. The van der Waals surface area contributed by atoms with Crippen molar-refractivity contribution >= 4 is 11.9 Å². The van der Waals surface area contributed by atoms with Crippen LogP contribution in [0.5, 0.6) is 0 Å². The van der Waals surface area contributed by atoms with E-state index in [-0.39, 0.29) is 42.4 Å². The van der Waals surface area contributed by atoms with Crippen LogP contribution in [-0.4, -0.2) is 23.7 Å². The molecule has 0 saturated heterocycles. The van der Waals surface area contributed by atoms with Crippen LogP contribution in [0.3, 0.4) is 0 Å². The Kier molecular flexibility index (Phi) is 33.3. The van der Waals surface area contributed by atoms with Crippen LogP contribution in [0.15, 0.2) is 12.3 Å². The van der Waals surface area contributed by atoms with E-state index in [9.17, 15) is 14.7 Å². The Bertz CT molecular complexity index is 355. The third-order valence-electron chi connectivity index (χ3n) is 4.06. The van der Waals surface area contributed by atoms with Gasteiger partial charge in [0.15, 0.2) is 0 Å². The monoisotopic (exact) mass is 408 g/mol. The van der Waals surface area contributed by atoms with Gasteiger partial charge in [-0.1, -0.05) is 78.1 Å². The number of carboxylic acid groups (broad SMARTS) is 1. The fraction of sp³-hybridized carbons (Fsp3) is 0.818. The van der Waals surface area contributed by atoms with Gasteiger partial charge in [-0.3, -0.25) is 4.79 Å². The van der Waals surface area contributed by atoms with Crippen LogP contribution < -0.4 is 34.7 Å². The Morgan fingerprint density at radius 3 is 1.82 bits per heavy atom. The van der Waals surface area contributed by atoms with Crippen molar-refractivity contribution < 1.29 is 54.1 Å². The molecule has 0 aromatic heterocycles. The Balaban J connectivity index is -0.000000665. The van der Waals surface area contributed by atoms with Crippen molar-refractivity contribution in [2.45, 2.75) is 110 Å². The van der Waals surface area contributed by atoms with E-state index in [4.69, 9.17) is 9.84 Å². The number of hydrogen-bond acceptors (Lipinski definition) is 5. The van der Waals surface area contributed by atoms with Crippen molar-refractivity contribution in [1.82, 2.24) is 0 Å². The van der Waals surface area contributed by atoms with Crippen LogP contribution in [0.25, 0.3) is 0 Å². The molecule has 0 heterocycles. The summed E-state index contributed by atoms with van der Waals surface area (Å²) in [7, 11) is 0. The molecule has 0 aliphatic carbocycles. The number of carbonyl (C=O) groups excluding carboxylic acids is 2. The molecule has 0 aromatic rings. The van der Waals surface area contributed by atoms with Gasteiger partial charge in [0.25, 0.3) is 0 Å². The van der Waals surface area contributed by atoms with Crippen molar-refractivity contribution in [3.8, 4) is 0 Å². The van der Waals surface area contributed by atoms with Crippen LogP contribution >= 0.6 is 0 Å². The van der Waals surface area contributed by atoms with Crippen LogP contribution in [-0.2, 0) is 14.3 Å². The second kappa shape index (κ2) is 28.8. The first-order chi connectivity index (χ1) is 13.1. The number of rotatable bonds is 17. The number of esters is 1. The van der Waals surface area contributed by atoms with E-state index in [2.05, 4.69) is 13.8 Å². The topological polar surface area (TPSA) is 86.7 Å². The Morgan fingerprint density at radius 1 is 0.821 bits per heavy atom. The minimum atomic E-state index is -1.23. The average molecular weight is 409 g/mol. The van der Waals surface area contributed by atoms with Crippen molar-refractivity contribution in [2.75, 3.05) is 6.61 Å². The van der Waals surface area contributed by atoms with Gasteiger partial charge in [-0.15, -0.1) is 0 Å². The van der Waals surface area contributed by atoms with Gasteiger partial charge in [0.2, 0.25) is 0 Å². The quantitative estimate of drug-likeness (QED) is 0.171. The maximum atomic E-state index is 11.0. The van der Waals surface area contributed by atoms with E-state index in [1.165, 1.54) is 70.5 Å². The summed E-state index contributed by atoms with van der Waals surface area (Å²) >= 11 is 0. The summed E-state index contributed by atoms with van der Waals surface area (Å²) < 4.78 is 4.75. The number of aliphatic carboxylic acids is 1. The Hall–Kier alpha value is -0.360. The average Bonchev–Trinajstić information content (AvgIpc) is 2.65. The van der Waals surface area contributed by atoms with Gasteiger partial charge < -0.3 is 19.7 Å². The zero-order valence-corrected chi connectivity index (χ0v) is 20.5. The summed E-state index contributed by atoms with van der Waals surface area (Å²) in [5.41, 5.74) is 0. The SMILES string of the molecule is CCCCCCCCCCC=COC(=O)CCC(=O)[O-].CCCCCCO.[Na+]. The van der Waals surface area contributed by atoms with E-state index >= 15 is 0 Å². The van der Waals surface area contributed by atoms with E-state index in [0.29, 0.717) is 6.61 Å². The smallest absolute Gasteiger partial charge is 0.550 e. The summed E-state index contributed by atoms with van der Waals surface area (Å²) in [5, 5.41) is 18.4. The summed E-state index contributed by atoms with van der Waals surface area (Å²) in [6, 6.07) is 0. The molecule has 5 nitrogen and oxygen atoms in total. The van der Waals surface area contributed by atoms with Crippen LogP contribution in [0.2, 0.25) is 0 Å². The number of ether oxygens (including phenoxy) is 1. The van der Waals surface area contributed by atoms with Gasteiger partial charge in [0.05, 0.1) is 12.7 Å². The van der Waals surface area contributed by atoms with Crippen molar-refractivity contribution in [3.05, 3.63) is 12.3 Å². The zero-order valence-electron chi connectivity index (χ0n) is 18.5. The number of carbonyl (C=O) groups is 2. The standard InChI is InChI=1S/C16H28O4.C6H14O.Na/c1-2-3-4-5-6-7-8-9-10-11-14-20-16(19)13-12-15(17)18;1-2-3-4-5-6-7;/h11,14H,2-10,12-13H2,1H3,(H,17,18);7H,2-6H2,1H3;/q;;+1/p-1. The summed E-state index contributed by atoms with van der Waals surface area (Å²) in [5.74, 6) is -1.76. The van der Waals surface area contributed by atoms with E-state index in [0.717, 1.165) is 19.3 Å². The summed E-state index contributed by atoms with van der Waals surface area (Å²) in [4.78, 5) is 21.2. The molecule has 0 unspecified atom stereocenters. The van der Waals surface area contributed by atoms with Gasteiger partial charge in [0.1, 0.15) is 0 Å². The molecule has 0 spiro atoms. The van der Waals surface area contributed by atoms with Crippen LogP contribution in [0.4, 0.5) is 0 Å². The maximum Gasteiger partial charge on any atom is 1.00 e. The molecule has 0 aliphatic heterocycles. The second-order valence-corrected chi connectivity index (χ2v) is 6.78. The molecule has 160 valence electrons. The summed E-state index contributed by atoms with van der Waals surface area (Å²) in [6.07, 6.45) is 18.5. The minimum absolute atomic E-state index is 0. The molecule has 1 N–H and O–H groups in total. The first-order valence-electron chi connectivity index (χ1n) is 10.7. The van der Waals surface area contributed by atoms with Crippen LogP contribution in [0, 0.1) is 0 Å². The zero-order chi connectivity index (χ0) is 20.6. The molecule has 28 heavy (non-hydrogen) atoms. The van der Waals surface area contributed by atoms with Gasteiger partial charge in [-0.2, -0.15) is 0 Å². The van der Waals surface area contributed by atoms with Gasteiger partial charge in [-0.05, 0) is 31.8 Å². The fourth-order valence-electron chi connectivity index (χ4n) is 2.39. The van der Waals surface area contributed by atoms with E-state index in [1.807, 2.05) is 6.08 Å². The van der Waals surface area contributed by atoms with E-state index < -0.39 is 11.9 Å². The van der Waals surface area contributed by atoms with E-state index in [1.54, 1.807) is 0 Å². The van der Waals surface area contributed by atoms with Crippen molar-refractivity contribution in [3.63, 3.8) is 0 Å². The number of unbranched alkanes of at least 4 members (excludes halogenated alkanes) is 11. The molecular formula is C22H41NaO5. The molecule has 0 amide bonds. The largest absolute Gasteiger partial charge is 1.00 e. The predicted octanol–water partition coefficient (Wildman–Crippen LogP) is 1.67. The van der Waals surface area contributed by atoms with Crippen molar-refractivity contribution in [1.29, 1.82) is 0 Å². The van der Waals surface area contributed by atoms with Gasteiger partial charge >= 0.3 is 35.5 Å². The second-order valence-electron chi connectivity index (χ2n) is 6.78. The first kappa shape index (κ1) is 32.3. The molecule has 0 aliphatic rings. The number of allylic oxidation sites excluding steroid dienone is 1. The first-order valence-corrected chi connectivity index (χ1v) is 10.7. The Morgan fingerprint density at radius 2 is 1.32 bits per heavy atom. The molecular weight excluding hydrogens is 367 g/mol. The minimum Gasteiger partial charge on any atom is -0.550 e. The molecule has 0 saturated carbocycles. The number of carboxylic acids is 1. The van der Waals surface area contributed by atoms with Gasteiger partial charge in [0, 0.05) is 12.6 Å². The Labute approximate surface area is 194 Å². The number of hydrogen-bond donors (Lipinski definition) is 1. The molecule has 0 fully saturated rings. The third kappa shape index (κ3) is 33.2. The molecule has 0 bridgehead atoms. The fourth-order valence-corrected chi connectivity index (χ4v) is 2.39. The maximum absolute atomic E-state index is 11.0. The molecule has 0 aromatic carbocycles. The number of aliphatic hydroxyl groups is 1. The molecule has 0 radical (unpaired) electrons. The molecule has 0 rings (SSSR count). The van der Waals surface area contributed by atoms with Crippen molar-refractivity contribution in [2.24, 2.45) is 0 Å².